The Balaban J connectivity index is 1.81. The molecule has 1 amide bonds. The van der Waals surface area contributed by atoms with Gasteiger partial charge in [0.1, 0.15) is 5.00 Å². The molecule has 5 nitrogen and oxygen atoms in total. The number of aryl methyl sites for hydroxylation is 1. The number of benzene rings is 3. The van der Waals surface area contributed by atoms with Gasteiger partial charge < -0.3 is 20.1 Å². The molecule has 34 heavy (non-hydrogen) atoms. The average molecular weight is 473 g/mol. The van der Waals surface area contributed by atoms with E-state index in [4.69, 9.17) is 9.47 Å². The Morgan fingerprint density at radius 2 is 1.50 bits per heavy atom. The van der Waals surface area contributed by atoms with Gasteiger partial charge in [0.25, 0.3) is 5.91 Å². The van der Waals surface area contributed by atoms with E-state index in [0.717, 1.165) is 32.3 Å². The van der Waals surface area contributed by atoms with Gasteiger partial charge in [0, 0.05) is 21.7 Å². The number of carbonyl (C=O) groups excluding carboxylic acids is 1. The number of anilines is 2. The van der Waals surface area contributed by atoms with Crippen molar-refractivity contribution in [3.05, 3.63) is 106 Å². The van der Waals surface area contributed by atoms with E-state index in [-0.39, 0.29) is 11.9 Å². The number of thiophene rings is 1. The smallest absolute Gasteiger partial charge is 0.256 e. The number of carbonyl (C=O) groups is 1. The number of hydrogen-bond acceptors (Lipinski definition) is 5. The lowest BCUT2D eigenvalue weighted by molar-refractivity contribution is 0.102. The van der Waals surface area contributed by atoms with E-state index >= 15 is 0 Å². The van der Waals surface area contributed by atoms with Gasteiger partial charge in [-0.15, -0.1) is 11.3 Å². The first kappa shape index (κ1) is 23.4. The predicted molar refractivity (Wildman–Crippen MR) is 140 cm³/mol. The zero-order chi connectivity index (χ0) is 24.1. The molecule has 1 atom stereocenters. The minimum Gasteiger partial charge on any atom is -0.493 e. The maximum atomic E-state index is 13.0. The number of rotatable bonds is 8. The SMILES string of the molecule is COc1ccc([C@H](Nc2ccccc2)c2c(NC(=O)c3ccccc3)sc(C)c2C)cc1OC. The van der Waals surface area contributed by atoms with Crippen LogP contribution in [0.4, 0.5) is 10.7 Å². The third-order valence-electron chi connectivity index (χ3n) is 5.81. The summed E-state index contributed by atoms with van der Waals surface area (Å²) in [5.41, 5.74) is 4.76. The van der Waals surface area contributed by atoms with E-state index in [0.29, 0.717) is 17.1 Å². The van der Waals surface area contributed by atoms with Crippen LogP contribution in [0, 0.1) is 13.8 Å². The lowest BCUT2D eigenvalue weighted by Crippen LogP contribution is -2.17. The largest absolute Gasteiger partial charge is 0.493 e. The zero-order valence-corrected chi connectivity index (χ0v) is 20.5. The maximum absolute atomic E-state index is 13.0. The van der Waals surface area contributed by atoms with Crippen LogP contribution in [0.15, 0.2) is 78.9 Å². The van der Waals surface area contributed by atoms with E-state index in [1.807, 2.05) is 78.9 Å². The summed E-state index contributed by atoms with van der Waals surface area (Å²) < 4.78 is 11.0. The van der Waals surface area contributed by atoms with E-state index in [9.17, 15) is 4.79 Å². The molecule has 0 aliphatic heterocycles. The van der Waals surface area contributed by atoms with Gasteiger partial charge in [0.15, 0.2) is 11.5 Å². The number of amides is 1. The molecular weight excluding hydrogens is 444 g/mol. The van der Waals surface area contributed by atoms with Crippen molar-refractivity contribution in [3.8, 4) is 11.5 Å². The number of methoxy groups -OCH3 is 2. The van der Waals surface area contributed by atoms with Crippen LogP contribution in [0.2, 0.25) is 0 Å². The van der Waals surface area contributed by atoms with E-state index in [2.05, 4.69) is 24.5 Å². The molecule has 0 bridgehead atoms. The van der Waals surface area contributed by atoms with Crippen LogP contribution in [0.3, 0.4) is 0 Å². The first-order valence-corrected chi connectivity index (χ1v) is 11.8. The van der Waals surface area contributed by atoms with Crippen molar-refractivity contribution in [2.45, 2.75) is 19.9 Å². The fourth-order valence-electron chi connectivity index (χ4n) is 3.91. The number of ether oxygens (including phenoxy) is 2. The summed E-state index contributed by atoms with van der Waals surface area (Å²) in [7, 11) is 3.26. The minimum atomic E-state index is -0.224. The zero-order valence-electron chi connectivity index (χ0n) is 19.7. The minimum absolute atomic E-state index is 0.131. The summed E-state index contributed by atoms with van der Waals surface area (Å²) in [6.07, 6.45) is 0. The standard InChI is InChI=1S/C28H28N2O3S/c1-18-19(2)34-28(30-27(31)20-11-7-5-8-12-20)25(18)26(29-22-13-9-6-10-14-22)21-15-16-23(32-3)24(17-21)33-4/h5-17,26,29H,1-4H3,(H,30,31)/t26-/m0/s1. The van der Waals surface area contributed by atoms with Crippen LogP contribution in [-0.2, 0) is 0 Å². The van der Waals surface area contributed by atoms with Crippen LogP contribution < -0.4 is 20.1 Å². The second kappa shape index (κ2) is 10.4. The van der Waals surface area contributed by atoms with Crippen molar-refractivity contribution >= 4 is 27.9 Å². The van der Waals surface area contributed by atoms with Crippen molar-refractivity contribution in [1.29, 1.82) is 0 Å². The van der Waals surface area contributed by atoms with Crippen molar-refractivity contribution in [2.75, 3.05) is 24.9 Å². The summed E-state index contributed by atoms with van der Waals surface area (Å²) >= 11 is 1.59. The van der Waals surface area contributed by atoms with Gasteiger partial charge in [-0.25, -0.2) is 0 Å². The normalized spacial score (nSPS) is 11.5. The van der Waals surface area contributed by atoms with Crippen LogP contribution >= 0.6 is 11.3 Å². The number of hydrogen-bond donors (Lipinski definition) is 2. The Morgan fingerprint density at radius 1 is 0.853 bits per heavy atom. The molecule has 174 valence electrons. The number of nitrogens with one attached hydrogen (secondary N) is 2. The molecular formula is C28H28N2O3S. The Labute approximate surface area is 204 Å². The fraction of sp³-hybridized carbons (Fsp3) is 0.179. The topological polar surface area (TPSA) is 59.6 Å². The Morgan fingerprint density at radius 3 is 2.15 bits per heavy atom. The van der Waals surface area contributed by atoms with Crippen molar-refractivity contribution in [1.82, 2.24) is 0 Å². The Hall–Kier alpha value is -3.77. The van der Waals surface area contributed by atoms with E-state index in [1.165, 1.54) is 0 Å². The third-order valence-corrected chi connectivity index (χ3v) is 6.95. The first-order valence-electron chi connectivity index (χ1n) is 11.0. The van der Waals surface area contributed by atoms with Crippen LogP contribution in [0.25, 0.3) is 0 Å². The summed E-state index contributed by atoms with van der Waals surface area (Å²) in [5, 5.41) is 7.65. The summed E-state index contributed by atoms with van der Waals surface area (Å²) in [6.45, 7) is 4.18. The highest BCUT2D eigenvalue weighted by atomic mass is 32.1. The second-order valence-corrected chi connectivity index (χ2v) is 9.13. The predicted octanol–water partition coefficient (Wildman–Crippen LogP) is 6.84. The average Bonchev–Trinajstić information content (AvgIpc) is 3.15. The molecule has 3 aromatic carbocycles. The number of para-hydroxylation sites is 1. The second-order valence-electron chi connectivity index (χ2n) is 7.90. The van der Waals surface area contributed by atoms with E-state index < -0.39 is 0 Å². The highest BCUT2D eigenvalue weighted by molar-refractivity contribution is 7.16. The molecule has 2 N–H and O–H groups in total. The highest BCUT2D eigenvalue weighted by Gasteiger charge is 2.26. The van der Waals surface area contributed by atoms with Gasteiger partial charge in [-0.2, -0.15) is 0 Å². The molecule has 4 aromatic rings. The first-order chi connectivity index (χ1) is 16.5. The molecule has 6 heteroatoms. The Bertz CT molecular complexity index is 1270. The molecule has 0 spiro atoms. The van der Waals surface area contributed by atoms with Crippen molar-refractivity contribution in [2.24, 2.45) is 0 Å². The molecule has 0 saturated carbocycles. The van der Waals surface area contributed by atoms with Gasteiger partial charge in [0.2, 0.25) is 0 Å². The lowest BCUT2D eigenvalue weighted by atomic mass is 9.95. The lowest BCUT2D eigenvalue weighted by Gasteiger charge is -2.24. The van der Waals surface area contributed by atoms with Crippen LogP contribution in [-0.4, -0.2) is 20.1 Å². The summed E-state index contributed by atoms with van der Waals surface area (Å²) in [5.74, 6) is 1.19. The van der Waals surface area contributed by atoms with E-state index in [1.54, 1.807) is 25.6 Å². The monoisotopic (exact) mass is 472 g/mol. The van der Waals surface area contributed by atoms with Gasteiger partial charge in [-0.05, 0) is 61.4 Å². The molecule has 0 aliphatic carbocycles. The molecule has 0 radical (unpaired) electrons. The summed E-state index contributed by atoms with van der Waals surface area (Å²) in [6, 6.07) is 25.0. The van der Waals surface area contributed by atoms with Crippen molar-refractivity contribution in [3.63, 3.8) is 0 Å². The molecule has 0 saturated heterocycles. The van der Waals surface area contributed by atoms with Crippen LogP contribution in [0.5, 0.6) is 11.5 Å². The quantitative estimate of drug-likeness (QED) is 0.295. The molecule has 4 rings (SSSR count). The molecule has 0 unspecified atom stereocenters. The molecule has 1 heterocycles. The Kier molecular flexibility index (Phi) is 7.18. The fourth-order valence-corrected chi connectivity index (χ4v) is 5.00. The van der Waals surface area contributed by atoms with Gasteiger partial charge in [-0.3, -0.25) is 4.79 Å². The third kappa shape index (κ3) is 4.92. The molecule has 0 fully saturated rings. The van der Waals surface area contributed by atoms with Gasteiger partial charge in [-0.1, -0.05) is 42.5 Å². The van der Waals surface area contributed by atoms with Crippen molar-refractivity contribution < 1.29 is 14.3 Å². The van der Waals surface area contributed by atoms with Gasteiger partial charge in [0.05, 0.1) is 20.3 Å². The molecule has 1 aromatic heterocycles. The summed E-state index contributed by atoms with van der Waals surface area (Å²) in [4.78, 5) is 14.2. The van der Waals surface area contributed by atoms with Crippen LogP contribution in [0.1, 0.15) is 38.0 Å². The highest BCUT2D eigenvalue weighted by Crippen LogP contribution is 2.42. The maximum Gasteiger partial charge on any atom is 0.256 e. The van der Waals surface area contributed by atoms with Gasteiger partial charge >= 0.3 is 0 Å². The molecule has 0 aliphatic rings.